The molecule has 292 valence electrons. The summed E-state index contributed by atoms with van der Waals surface area (Å²) in [5.41, 5.74) is 1.01. The highest BCUT2D eigenvalue weighted by atomic mass is 35.5. The number of nitrogens with one attached hydrogen (secondary N) is 1. The number of benzene rings is 3. The molecule has 0 unspecified atom stereocenters. The number of carbonyl (C=O) groups is 4. The maximum absolute atomic E-state index is 15.4. The van der Waals surface area contributed by atoms with Crippen molar-refractivity contribution in [3.05, 3.63) is 117 Å². The molecule has 0 spiro atoms. The summed E-state index contributed by atoms with van der Waals surface area (Å²) in [7, 11) is -0.512. The van der Waals surface area contributed by atoms with Crippen molar-refractivity contribution in [2.75, 3.05) is 17.4 Å². The monoisotopic (exact) mass is 820 g/mol. The topological polar surface area (TPSA) is 170 Å². The number of aromatic nitrogens is 1. The number of anilines is 2. The number of allylic oxidation sites excluding steroid dienone is 2. The normalized spacial score (nSPS) is 25.5. The molecule has 2 aliphatic heterocycles. The van der Waals surface area contributed by atoms with E-state index in [1.54, 1.807) is 36.4 Å². The lowest BCUT2D eigenvalue weighted by molar-refractivity contribution is -0.139. The van der Waals surface area contributed by atoms with E-state index in [1.807, 2.05) is 0 Å². The van der Waals surface area contributed by atoms with Crippen LogP contribution in [-0.4, -0.2) is 63.0 Å². The number of amides is 4. The number of hydrazine groups is 1. The SMILES string of the molecule is COc1cc(O)ccc1[C@H]1C2=CC[C@@H]3C(=O)N(c4cccc(B(O)O)c4)C(=O)[C@@H]3[C@@H]2C[C@H]2C(=O)N(Nc3ncc(C(F)(F)F)cc3Cl)C(=O)[C@@]12c1ccc(Cl)cc1. The summed E-state index contributed by atoms with van der Waals surface area (Å²) >= 11 is 12.6. The van der Waals surface area contributed by atoms with E-state index in [0.717, 1.165) is 4.90 Å². The first-order chi connectivity index (χ1) is 27.1. The van der Waals surface area contributed by atoms with Crippen LogP contribution in [0.2, 0.25) is 10.0 Å². The second kappa shape index (κ2) is 13.9. The highest BCUT2D eigenvalue weighted by Gasteiger charge is 2.71. The zero-order chi connectivity index (χ0) is 40.7. The first-order valence-electron chi connectivity index (χ1n) is 17.6. The fraction of sp³-hybridized carbons (Fsp3) is 0.256. The summed E-state index contributed by atoms with van der Waals surface area (Å²) in [5, 5.41) is 30.6. The number of rotatable bonds is 7. The minimum atomic E-state index is -4.78. The van der Waals surface area contributed by atoms with Gasteiger partial charge in [0.05, 0.1) is 46.6 Å². The molecule has 4 N–H and O–H groups in total. The average Bonchev–Trinajstić information content (AvgIpc) is 3.56. The van der Waals surface area contributed by atoms with Gasteiger partial charge in [0.25, 0.3) is 11.8 Å². The van der Waals surface area contributed by atoms with Gasteiger partial charge in [-0.25, -0.2) is 4.98 Å². The highest BCUT2D eigenvalue weighted by Crippen LogP contribution is 2.65. The van der Waals surface area contributed by atoms with Gasteiger partial charge in [-0.15, -0.1) is 0 Å². The molecule has 3 heterocycles. The van der Waals surface area contributed by atoms with Gasteiger partial charge in [0, 0.05) is 28.8 Å². The first-order valence-corrected chi connectivity index (χ1v) is 18.4. The van der Waals surface area contributed by atoms with E-state index < -0.39 is 88.3 Å². The number of phenols is 1. The predicted octanol–water partition coefficient (Wildman–Crippen LogP) is 4.99. The van der Waals surface area contributed by atoms with E-state index in [-0.39, 0.29) is 35.5 Å². The molecule has 0 bridgehead atoms. The second-order valence-electron chi connectivity index (χ2n) is 14.3. The number of methoxy groups -OCH3 is 1. The molecule has 2 aliphatic carbocycles. The molecule has 3 fully saturated rings. The van der Waals surface area contributed by atoms with E-state index in [2.05, 4.69) is 10.4 Å². The van der Waals surface area contributed by atoms with Crippen LogP contribution in [0.4, 0.5) is 24.7 Å². The minimum Gasteiger partial charge on any atom is -0.508 e. The van der Waals surface area contributed by atoms with Gasteiger partial charge in [-0.3, -0.25) is 29.5 Å². The lowest BCUT2D eigenvalue weighted by atomic mass is 9.49. The molecule has 18 heteroatoms. The number of carbonyl (C=O) groups excluding carboxylic acids is 4. The van der Waals surface area contributed by atoms with Crippen LogP contribution in [0.3, 0.4) is 0 Å². The van der Waals surface area contributed by atoms with Crippen molar-refractivity contribution in [2.45, 2.75) is 30.4 Å². The van der Waals surface area contributed by atoms with Crippen LogP contribution < -0.4 is 20.5 Å². The third-order valence-electron chi connectivity index (χ3n) is 11.5. The summed E-state index contributed by atoms with van der Waals surface area (Å²) in [6, 6.07) is 16.9. The molecule has 4 aromatic rings. The van der Waals surface area contributed by atoms with Crippen molar-refractivity contribution < 1.29 is 52.2 Å². The molecular weight excluding hydrogens is 791 g/mol. The number of imide groups is 2. The summed E-state index contributed by atoms with van der Waals surface area (Å²) < 4.78 is 46.3. The van der Waals surface area contributed by atoms with Crippen LogP contribution >= 0.6 is 23.2 Å². The Labute approximate surface area is 332 Å². The number of aromatic hydroxyl groups is 1. The number of hydrogen-bond donors (Lipinski definition) is 4. The number of ether oxygens (including phenoxy) is 1. The highest BCUT2D eigenvalue weighted by molar-refractivity contribution is 6.58. The quantitative estimate of drug-likeness (QED) is 0.113. The van der Waals surface area contributed by atoms with Crippen molar-refractivity contribution in [3.8, 4) is 11.5 Å². The van der Waals surface area contributed by atoms with E-state index in [9.17, 15) is 42.7 Å². The van der Waals surface area contributed by atoms with Crippen molar-refractivity contribution in [1.29, 1.82) is 0 Å². The number of halogens is 5. The van der Waals surface area contributed by atoms with Crippen LogP contribution in [0.25, 0.3) is 0 Å². The zero-order valence-electron chi connectivity index (χ0n) is 29.6. The maximum Gasteiger partial charge on any atom is 0.488 e. The van der Waals surface area contributed by atoms with E-state index in [1.165, 1.54) is 43.5 Å². The minimum absolute atomic E-state index is 0.0528. The predicted molar refractivity (Wildman–Crippen MR) is 200 cm³/mol. The van der Waals surface area contributed by atoms with E-state index >= 15 is 4.79 Å². The largest absolute Gasteiger partial charge is 0.508 e. The number of pyridine rings is 1. The number of alkyl halides is 3. The Bertz CT molecular complexity index is 2400. The maximum atomic E-state index is 15.4. The molecule has 0 radical (unpaired) electrons. The molecule has 1 saturated carbocycles. The summed E-state index contributed by atoms with van der Waals surface area (Å²) in [6.45, 7) is 0. The van der Waals surface area contributed by atoms with Gasteiger partial charge in [0.15, 0.2) is 5.82 Å². The summed E-state index contributed by atoms with van der Waals surface area (Å²) in [4.78, 5) is 63.7. The molecule has 6 atom stereocenters. The Hall–Kier alpha value is -5.42. The van der Waals surface area contributed by atoms with Crippen molar-refractivity contribution in [2.24, 2.45) is 23.7 Å². The molecule has 12 nitrogen and oxygen atoms in total. The molecule has 1 aromatic heterocycles. The molecule has 3 aromatic carbocycles. The van der Waals surface area contributed by atoms with Gasteiger partial charge < -0.3 is 19.9 Å². The fourth-order valence-electron chi connectivity index (χ4n) is 9.14. The van der Waals surface area contributed by atoms with Gasteiger partial charge in [0.2, 0.25) is 11.8 Å². The first kappa shape index (κ1) is 38.5. The number of phenolic OH excluding ortho intramolecular Hbond substituents is 1. The smallest absolute Gasteiger partial charge is 0.488 e. The van der Waals surface area contributed by atoms with Crippen LogP contribution in [0.5, 0.6) is 11.5 Å². The molecule has 8 rings (SSSR count). The number of nitrogens with zero attached hydrogens (tertiary/aromatic N) is 3. The lowest BCUT2D eigenvalue weighted by Crippen LogP contribution is -2.53. The number of fused-ring (bicyclic) bond motifs is 4. The Kier molecular flexibility index (Phi) is 9.38. The van der Waals surface area contributed by atoms with Crippen LogP contribution in [0.15, 0.2) is 90.6 Å². The van der Waals surface area contributed by atoms with Gasteiger partial charge in [-0.1, -0.05) is 65.2 Å². The van der Waals surface area contributed by atoms with E-state index in [4.69, 9.17) is 27.9 Å². The van der Waals surface area contributed by atoms with Gasteiger partial charge in [-0.05, 0) is 66.2 Å². The van der Waals surface area contributed by atoms with Crippen molar-refractivity contribution in [1.82, 2.24) is 9.99 Å². The molecule has 57 heavy (non-hydrogen) atoms. The number of hydrogen-bond acceptors (Lipinski definition) is 10. The molecule has 4 aliphatic rings. The molecular formula is C39H30BCl2F3N4O8. The Morgan fingerprint density at radius 3 is 2.35 bits per heavy atom. The van der Waals surface area contributed by atoms with Gasteiger partial charge in [-0.2, -0.15) is 18.2 Å². The Morgan fingerprint density at radius 1 is 0.947 bits per heavy atom. The van der Waals surface area contributed by atoms with Crippen LogP contribution in [-0.2, 0) is 30.8 Å². The average molecular weight is 821 g/mol. The fourth-order valence-corrected chi connectivity index (χ4v) is 9.48. The molecule has 2 saturated heterocycles. The third kappa shape index (κ3) is 5.96. The second-order valence-corrected chi connectivity index (χ2v) is 15.2. The standard InChI is InChI=1S/C39H30BCl2F3N4O8/c1-57-30-15-23(50)9-10-25(30)32-24-11-12-26-31(36(53)48(34(26)51)22-4-2-3-20(14-22)40(55)56)27(24)16-28-35(52)49(37(54)38(28,32)18-5-7-21(41)8-6-18)47-33-29(42)13-19(17-46-33)39(43,44)45/h2-11,13-15,17,26-28,31-32,50,55-56H,12,16H2,1H3,(H,46,47)/t26-,27+,28-,31-,32+,38+/m0/s1. The Morgan fingerprint density at radius 2 is 1.68 bits per heavy atom. The molecule has 4 amide bonds. The van der Waals surface area contributed by atoms with Crippen molar-refractivity contribution in [3.63, 3.8) is 0 Å². The van der Waals surface area contributed by atoms with Crippen molar-refractivity contribution >= 4 is 70.9 Å². The Balaban J connectivity index is 1.32. The summed E-state index contributed by atoms with van der Waals surface area (Å²) in [6.07, 6.45) is -2.55. The van der Waals surface area contributed by atoms with Gasteiger partial charge in [0.1, 0.15) is 11.5 Å². The van der Waals surface area contributed by atoms with Gasteiger partial charge >= 0.3 is 13.3 Å². The lowest BCUT2D eigenvalue weighted by Gasteiger charge is -2.50. The summed E-state index contributed by atoms with van der Waals surface area (Å²) in [5.74, 6) is -8.28. The third-order valence-corrected chi connectivity index (χ3v) is 12.1. The van der Waals surface area contributed by atoms with Crippen LogP contribution in [0.1, 0.15) is 35.4 Å². The zero-order valence-corrected chi connectivity index (χ0v) is 31.1. The van der Waals surface area contributed by atoms with E-state index in [0.29, 0.717) is 39.0 Å². The van der Waals surface area contributed by atoms with Crippen LogP contribution in [0, 0.1) is 23.7 Å².